The smallest absolute Gasteiger partial charge is 0.407 e. The van der Waals surface area contributed by atoms with Crippen LogP contribution in [0.1, 0.15) is 36.5 Å². The van der Waals surface area contributed by atoms with Crippen molar-refractivity contribution in [1.29, 1.82) is 0 Å². The van der Waals surface area contributed by atoms with Gasteiger partial charge in [-0.15, -0.1) is 11.3 Å². The summed E-state index contributed by atoms with van der Waals surface area (Å²) in [5.74, 6) is 1.32. The maximum Gasteiger partial charge on any atom is 0.407 e. The third kappa shape index (κ3) is 8.21. The maximum absolute atomic E-state index is 13.9. The standard InChI is InChI=1S/C33H41N3O10S2/c1-20(2)14-36(48(39,40)25-8-9-29-30(13-25)45-19-44-29)15-28(37)27(35-33(38)46-31-17-43-32-26(31)10-11-41-32)12-22-4-6-24(7-5-22)42-16-23-18-47-21(3)34-23/h4-9,13,18,20,26-28,31-32,37H,10-12,14-17,19H2,1-3H3,(H,35,38)/t26-,27-,28-,31+,32?/m0/s1. The Bertz CT molecular complexity index is 1670. The summed E-state index contributed by atoms with van der Waals surface area (Å²) in [6.07, 6.45) is -2.00. The molecule has 3 aliphatic heterocycles. The van der Waals surface area contributed by atoms with E-state index in [9.17, 15) is 18.3 Å². The highest BCUT2D eigenvalue weighted by molar-refractivity contribution is 7.89. The van der Waals surface area contributed by atoms with Crippen molar-refractivity contribution in [3.8, 4) is 17.2 Å². The Hall–Kier alpha value is -3.47. The van der Waals surface area contributed by atoms with Crippen molar-refractivity contribution >= 4 is 27.5 Å². The van der Waals surface area contributed by atoms with E-state index >= 15 is 0 Å². The highest BCUT2D eigenvalue weighted by Gasteiger charge is 2.44. The molecular formula is C33H41N3O10S2. The molecule has 6 rings (SSSR count). The first-order valence-electron chi connectivity index (χ1n) is 16.0. The van der Waals surface area contributed by atoms with Crippen LogP contribution in [0.4, 0.5) is 4.79 Å². The molecule has 48 heavy (non-hydrogen) atoms. The number of aromatic nitrogens is 1. The normalized spacial score (nSPS) is 21.3. The van der Waals surface area contributed by atoms with Gasteiger partial charge in [-0.25, -0.2) is 18.2 Å². The van der Waals surface area contributed by atoms with Gasteiger partial charge in [0.05, 0.1) is 46.9 Å². The van der Waals surface area contributed by atoms with Crippen LogP contribution in [-0.2, 0) is 37.3 Å². The predicted octanol–water partition coefficient (Wildman–Crippen LogP) is 3.87. The number of nitrogens with one attached hydrogen (secondary N) is 1. The van der Waals surface area contributed by atoms with E-state index in [0.29, 0.717) is 36.9 Å². The number of carbonyl (C=O) groups is 1. The molecule has 13 nitrogen and oxygen atoms in total. The van der Waals surface area contributed by atoms with Crippen LogP contribution >= 0.6 is 11.3 Å². The SMILES string of the molecule is Cc1nc(COc2ccc(C[C@H](NC(=O)O[C@@H]3COC4OCC[C@H]43)[C@@H](O)CN(CC(C)C)S(=O)(=O)c3ccc4c(c3)OCO4)cc2)cs1. The number of amides is 1. The Labute approximate surface area is 284 Å². The molecule has 0 aliphatic carbocycles. The summed E-state index contributed by atoms with van der Waals surface area (Å²) < 4.78 is 62.6. The lowest BCUT2D eigenvalue weighted by atomic mass is 10.0. The van der Waals surface area contributed by atoms with Crippen LogP contribution in [-0.4, -0.2) is 86.5 Å². The van der Waals surface area contributed by atoms with E-state index < -0.39 is 40.7 Å². The molecule has 2 aromatic carbocycles. The van der Waals surface area contributed by atoms with Gasteiger partial charge in [-0.3, -0.25) is 0 Å². The number of ether oxygens (including phenoxy) is 6. The summed E-state index contributed by atoms with van der Waals surface area (Å²) in [5, 5.41) is 17.4. The van der Waals surface area contributed by atoms with Crippen LogP contribution in [0.3, 0.4) is 0 Å². The van der Waals surface area contributed by atoms with E-state index in [1.54, 1.807) is 17.4 Å². The number of aliphatic hydroxyl groups excluding tert-OH is 1. The second-order valence-electron chi connectivity index (χ2n) is 12.5. The quantitative estimate of drug-likeness (QED) is 0.252. The van der Waals surface area contributed by atoms with E-state index in [0.717, 1.165) is 16.3 Å². The average molecular weight is 704 g/mol. The second kappa shape index (κ2) is 15.0. The zero-order valence-electron chi connectivity index (χ0n) is 27.1. The van der Waals surface area contributed by atoms with Crippen LogP contribution in [0.2, 0.25) is 0 Å². The molecule has 15 heteroatoms. The lowest BCUT2D eigenvalue weighted by Gasteiger charge is -2.31. The first-order valence-corrected chi connectivity index (χ1v) is 18.3. The van der Waals surface area contributed by atoms with Gasteiger partial charge < -0.3 is 38.8 Å². The average Bonchev–Trinajstić information content (AvgIpc) is 3.86. The summed E-state index contributed by atoms with van der Waals surface area (Å²) in [4.78, 5) is 17.7. The molecule has 2 N–H and O–H groups in total. The number of thiazole rings is 1. The molecule has 260 valence electrons. The number of benzene rings is 2. The van der Waals surface area contributed by atoms with Gasteiger partial charge in [0.2, 0.25) is 16.8 Å². The van der Waals surface area contributed by atoms with Crippen molar-refractivity contribution in [2.24, 2.45) is 11.8 Å². The van der Waals surface area contributed by atoms with Crippen molar-refractivity contribution < 1.29 is 46.7 Å². The molecule has 4 heterocycles. The van der Waals surface area contributed by atoms with Gasteiger partial charge in [0.15, 0.2) is 17.8 Å². The number of nitrogens with zero attached hydrogens (tertiary/aromatic N) is 2. The van der Waals surface area contributed by atoms with E-state index in [1.165, 1.54) is 16.4 Å². The molecule has 0 bridgehead atoms. The molecule has 5 atom stereocenters. The fraction of sp³-hybridized carbons (Fsp3) is 0.515. The molecule has 1 amide bonds. The number of carbonyl (C=O) groups excluding carboxylic acids is 1. The van der Waals surface area contributed by atoms with Crippen molar-refractivity contribution in [3.05, 3.63) is 64.1 Å². The second-order valence-corrected chi connectivity index (χ2v) is 15.5. The van der Waals surface area contributed by atoms with E-state index in [4.69, 9.17) is 28.4 Å². The molecule has 2 saturated heterocycles. The zero-order chi connectivity index (χ0) is 33.8. The van der Waals surface area contributed by atoms with Crippen LogP contribution < -0.4 is 19.5 Å². The Morgan fingerprint density at radius 1 is 1.12 bits per heavy atom. The van der Waals surface area contributed by atoms with Crippen LogP contribution in [0.25, 0.3) is 0 Å². The number of hydrogen-bond donors (Lipinski definition) is 2. The lowest BCUT2D eigenvalue weighted by Crippen LogP contribution is -2.51. The molecule has 1 aromatic heterocycles. The fourth-order valence-electron chi connectivity index (χ4n) is 5.96. The number of hydrogen-bond acceptors (Lipinski definition) is 12. The Kier molecular flexibility index (Phi) is 10.7. The Morgan fingerprint density at radius 3 is 2.67 bits per heavy atom. The number of alkyl carbamates (subject to hydrolysis) is 1. The predicted molar refractivity (Wildman–Crippen MR) is 174 cm³/mol. The number of aliphatic hydroxyl groups is 1. The van der Waals surface area contributed by atoms with Crippen molar-refractivity contribution in [1.82, 2.24) is 14.6 Å². The minimum Gasteiger partial charge on any atom is -0.487 e. The molecule has 3 aliphatic rings. The first-order chi connectivity index (χ1) is 23.0. The minimum atomic E-state index is -4.07. The van der Waals surface area contributed by atoms with Crippen molar-refractivity contribution in [2.75, 3.05) is 33.1 Å². The molecule has 0 radical (unpaired) electrons. The number of aryl methyl sites for hydroxylation is 1. The van der Waals surface area contributed by atoms with Gasteiger partial charge in [0, 0.05) is 24.5 Å². The third-order valence-electron chi connectivity index (χ3n) is 8.38. The van der Waals surface area contributed by atoms with Crippen LogP contribution in [0.15, 0.2) is 52.7 Å². The summed E-state index contributed by atoms with van der Waals surface area (Å²) in [6.45, 7) is 6.68. The van der Waals surface area contributed by atoms with Gasteiger partial charge in [-0.05, 0) is 55.5 Å². The third-order valence-corrected chi connectivity index (χ3v) is 11.0. The number of sulfonamides is 1. The lowest BCUT2D eigenvalue weighted by molar-refractivity contribution is -0.0907. The minimum absolute atomic E-state index is 0.0106. The van der Waals surface area contributed by atoms with Gasteiger partial charge in [-0.1, -0.05) is 26.0 Å². The van der Waals surface area contributed by atoms with Crippen LogP contribution in [0, 0.1) is 18.8 Å². The van der Waals surface area contributed by atoms with Gasteiger partial charge in [-0.2, -0.15) is 4.31 Å². The van der Waals surface area contributed by atoms with Crippen LogP contribution in [0.5, 0.6) is 17.2 Å². The first kappa shape index (κ1) is 34.4. The van der Waals surface area contributed by atoms with E-state index in [2.05, 4.69) is 10.3 Å². The Balaban J connectivity index is 1.18. The fourth-order valence-corrected chi connectivity index (χ4v) is 8.20. The summed E-state index contributed by atoms with van der Waals surface area (Å²) in [5.41, 5.74) is 1.64. The highest BCUT2D eigenvalue weighted by Crippen LogP contribution is 2.35. The molecule has 0 spiro atoms. The van der Waals surface area contributed by atoms with Gasteiger partial charge >= 0.3 is 6.09 Å². The molecular weight excluding hydrogens is 663 g/mol. The Morgan fingerprint density at radius 2 is 1.92 bits per heavy atom. The van der Waals surface area contributed by atoms with Crippen molar-refractivity contribution in [2.45, 2.75) is 69.7 Å². The molecule has 0 saturated carbocycles. The molecule has 1 unspecified atom stereocenters. The molecule has 3 aromatic rings. The summed E-state index contributed by atoms with van der Waals surface area (Å²) >= 11 is 1.56. The summed E-state index contributed by atoms with van der Waals surface area (Å²) in [6, 6.07) is 10.8. The van der Waals surface area contributed by atoms with E-state index in [1.807, 2.05) is 50.4 Å². The summed E-state index contributed by atoms with van der Waals surface area (Å²) in [7, 11) is -4.07. The molecule has 2 fully saturated rings. The van der Waals surface area contributed by atoms with Gasteiger partial charge in [0.1, 0.15) is 18.5 Å². The number of fused-ring (bicyclic) bond motifs is 2. The van der Waals surface area contributed by atoms with E-state index in [-0.39, 0.29) is 49.6 Å². The maximum atomic E-state index is 13.9. The monoisotopic (exact) mass is 703 g/mol. The largest absolute Gasteiger partial charge is 0.487 e. The topological polar surface area (TPSA) is 155 Å². The van der Waals surface area contributed by atoms with Gasteiger partial charge in [0.25, 0.3) is 0 Å². The zero-order valence-corrected chi connectivity index (χ0v) is 28.7. The number of rotatable bonds is 14. The highest BCUT2D eigenvalue weighted by atomic mass is 32.2. The van der Waals surface area contributed by atoms with Crippen molar-refractivity contribution in [3.63, 3.8) is 0 Å².